The number of piperazine rings is 1. The normalized spacial score (nSPS) is 25.2. The van der Waals surface area contributed by atoms with Crippen molar-refractivity contribution >= 4 is 11.8 Å². The number of carbonyl (C=O) groups excluding carboxylic acids is 2. The number of nitrogens with one attached hydrogen (secondary N) is 1. The third kappa shape index (κ3) is 2.99. The van der Waals surface area contributed by atoms with E-state index in [0.29, 0.717) is 6.54 Å². The van der Waals surface area contributed by atoms with Gasteiger partial charge >= 0.3 is 0 Å². The molecule has 2 aliphatic rings. The van der Waals surface area contributed by atoms with Crippen LogP contribution >= 0.6 is 0 Å². The molecule has 4 heteroatoms. The van der Waals surface area contributed by atoms with Crippen molar-refractivity contribution in [3.63, 3.8) is 0 Å². The minimum Gasteiger partial charge on any atom is -0.340 e. The van der Waals surface area contributed by atoms with Crippen molar-refractivity contribution < 1.29 is 9.59 Å². The van der Waals surface area contributed by atoms with Gasteiger partial charge in [-0.25, -0.2) is 0 Å². The molecule has 0 aromatic rings. The lowest BCUT2D eigenvalue weighted by Crippen LogP contribution is -2.71. The Bertz CT molecular complexity index is 464. The first-order chi connectivity index (χ1) is 9.67. The van der Waals surface area contributed by atoms with Crippen molar-refractivity contribution in [1.29, 1.82) is 0 Å². The summed E-state index contributed by atoms with van der Waals surface area (Å²) in [5, 5.41) is 3.06. The first kappa shape index (κ1) is 16.1. The maximum atomic E-state index is 13.0. The zero-order valence-corrected chi connectivity index (χ0v) is 14.0. The Morgan fingerprint density at radius 3 is 2.33 bits per heavy atom. The van der Waals surface area contributed by atoms with Gasteiger partial charge in [-0.2, -0.15) is 0 Å². The molecule has 1 N–H and O–H groups in total. The van der Waals surface area contributed by atoms with E-state index in [1.54, 1.807) is 4.90 Å². The summed E-state index contributed by atoms with van der Waals surface area (Å²) in [4.78, 5) is 27.5. The van der Waals surface area contributed by atoms with Crippen molar-refractivity contribution in [2.75, 3.05) is 6.54 Å². The van der Waals surface area contributed by atoms with Gasteiger partial charge in [-0.1, -0.05) is 45.3 Å². The third-order valence-electron chi connectivity index (χ3n) is 4.57. The predicted octanol–water partition coefficient (Wildman–Crippen LogP) is 2.64. The zero-order valence-electron chi connectivity index (χ0n) is 14.0. The molecule has 2 amide bonds. The molecule has 21 heavy (non-hydrogen) atoms. The fraction of sp³-hybridized carbons (Fsp3) is 0.765. The summed E-state index contributed by atoms with van der Waals surface area (Å²) in [5.41, 5.74) is 0.269. The molecule has 0 aromatic carbocycles. The molecule has 1 spiro atoms. The highest BCUT2D eigenvalue weighted by molar-refractivity contribution is 6.00. The molecule has 1 aliphatic carbocycles. The van der Waals surface area contributed by atoms with Crippen LogP contribution in [0, 0.1) is 5.41 Å². The lowest BCUT2D eigenvalue weighted by atomic mass is 9.80. The first-order valence-corrected chi connectivity index (χ1v) is 7.94. The fourth-order valence-corrected chi connectivity index (χ4v) is 3.54. The van der Waals surface area contributed by atoms with Gasteiger partial charge < -0.3 is 10.2 Å². The molecule has 0 aromatic heterocycles. The van der Waals surface area contributed by atoms with E-state index in [2.05, 4.69) is 5.32 Å². The largest absolute Gasteiger partial charge is 0.340 e. The van der Waals surface area contributed by atoms with Crippen LogP contribution in [0.3, 0.4) is 0 Å². The van der Waals surface area contributed by atoms with E-state index in [-0.39, 0.29) is 17.2 Å². The van der Waals surface area contributed by atoms with Gasteiger partial charge in [-0.15, -0.1) is 0 Å². The maximum absolute atomic E-state index is 13.0. The third-order valence-corrected chi connectivity index (χ3v) is 4.57. The van der Waals surface area contributed by atoms with Gasteiger partial charge in [0.1, 0.15) is 11.6 Å². The van der Waals surface area contributed by atoms with Crippen molar-refractivity contribution in [2.45, 2.75) is 71.9 Å². The average Bonchev–Trinajstić information content (AvgIpc) is 2.79. The standard InChI is InChI=1S/C17H28N2O2/c1-12(2)8-11-19-13(16(3,4)5)14(20)18-17(15(19)21)9-6-7-10-17/h8,13H,6-7,9-11H2,1-5H3,(H,18,20). The molecular formula is C17H28N2O2. The number of allylic oxidation sites excluding steroid dienone is 1. The second-order valence-corrected chi connectivity index (χ2v) is 7.79. The molecule has 1 saturated carbocycles. The lowest BCUT2D eigenvalue weighted by Gasteiger charge is -2.48. The molecule has 2 fully saturated rings. The predicted molar refractivity (Wildman–Crippen MR) is 83.7 cm³/mol. The van der Waals surface area contributed by atoms with E-state index >= 15 is 0 Å². The number of hydrogen-bond acceptors (Lipinski definition) is 2. The Labute approximate surface area is 128 Å². The Hall–Kier alpha value is -1.32. The first-order valence-electron chi connectivity index (χ1n) is 7.94. The average molecular weight is 292 g/mol. The van der Waals surface area contributed by atoms with Crippen LogP contribution in [-0.4, -0.2) is 34.8 Å². The SMILES string of the molecule is CC(C)=CCN1C(=O)C2(CCCC2)NC(=O)C1C(C)(C)C. The summed E-state index contributed by atoms with van der Waals surface area (Å²) in [6, 6.07) is -0.396. The minimum atomic E-state index is -0.631. The van der Waals surface area contributed by atoms with Crippen molar-refractivity contribution in [1.82, 2.24) is 10.2 Å². The van der Waals surface area contributed by atoms with Gasteiger partial charge in [0.05, 0.1) is 0 Å². The van der Waals surface area contributed by atoms with Crippen LogP contribution < -0.4 is 5.32 Å². The van der Waals surface area contributed by atoms with Crippen LogP contribution in [0.25, 0.3) is 0 Å². The van der Waals surface area contributed by atoms with E-state index in [1.165, 1.54) is 5.57 Å². The second-order valence-electron chi connectivity index (χ2n) is 7.79. The van der Waals surface area contributed by atoms with E-state index in [1.807, 2.05) is 40.7 Å². The minimum absolute atomic E-state index is 0.00570. The van der Waals surface area contributed by atoms with Crippen LogP contribution in [0.5, 0.6) is 0 Å². The number of rotatable bonds is 2. The molecule has 4 nitrogen and oxygen atoms in total. The van der Waals surface area contributed by atoms with Gasteiger partial charge in [-0.05, 0) is 32.1 Å². The molecule has 0 radical (unpaired) electrons. The Balaban J connectivity index is 2.37. The molecule has 1 aliphatic heterocycles. The fourth-order valence-electron chi connectivity index (χ4n) is 3.54. The van der Waals surface area contributed by atoms with Crippen LogP contribution in [0.4, 0.5) is 0 Å². The lowest BCUT2D eigenvalue weighted by molar-refractivity contribution is -0.158. The molecule has 1 saturated heterocycles. The summed E-state index contributed by atoms with van der Waals surface area (Å²) in [5.74, 6) is 0.114. The van der Waals surface area contributed by atoms with Crippen LogP contribution in [0.2, 0.25) is 0 Å². The topological polar surface area (TPSA) is 49.4 Å². The number of carbonyl (C=O) groups is 2. The zero-order chi connectivity index (χ0) is 15.8. The van der Waals surface area contributed by atoms with Crippen LogP contribution in [-0.2, 0) is 9.59 Å². The van der Waals surface area contributed by atoms with Gasteiger partial charge in [0, 0.05) is 6.54 Å². The van der Waals surface area contributed by atoms with Crippen LogP contribution in [0.15, 0.2) is 11.6 Å². The van der Waals surface area contributed by atoms with Crippen molar-refractivity contribution in [3.8, 4) is 0 Å². The van der Waals surface area contributed by atoms with E-state index in [4.69, 9.17) is 0 Å². The van der Waals surface area contributed by atoms with Gasteiger partial charge in [0.25, 0.3) is 0 Å². The Morgan fingerprint density at radius 1 is 1.29 bits per heavy atom. The Kier molecular flexibility index (Phi) is 4.18. The second kappa shape index (κ2) is 5.47. The monoisotopic (exact) mass is 292 g/mol. The van der Waals surface area contributed by atoms with Crippen molar-refractivity contribution in [3.05, 3.63) is 11.6 Å². The summed E-state index contributed by atoms with van der Waals surface area (Å²) in [6.45, 7) is 10.6. The number of amides is 2. The smallest absolute Gasteiger partial charge is 0.249 e. The quantitative estimate of drug-likeness (QED) is 0.795. The molecule has 1 unspecified atom stereocenters. The highest BCUT2D eigenvalue weighted by Gasteiger charge is 2.54. The van der Waals surface area contributed by atoms with E-state index in [9.17, 15) is 9.59 Å². The van der Waals surface area contributed by atoms with Crippen molar-refractivity contribution in [2.24, 2.45) is 5.41 Å². The van der Waals surface area contributed by atoms with Gasteiger partial charge in [0.2, 0.25) is 11.8 Å². The van der Waals surface area contributed by atoms with Gasteiger partial charge in [0.15, 0.2) is 0 Å². The molecule has 1 heterocycles. The molecular weight excluding hydrogens is 264 g/mol. The summed E-state index contributed by atoms with van der Waals surface area (Å²) in [7, 11) is 0. The van der Waals surface area contributed by atoms with Gasteiger partial charge in [-0.3, -0.25) is 9.59 Å². The molecule has 118 valence electrons. The molecule has 1 atom stereocenters. The summed E-state index contributed by atoms with van der Waals surface area (Å²) in [6.07, 6.45) is 5.63. The van der Waals surface area contributed by atoms with E-state index < -0.39 is 11.6 Å². The molecule has 2 rings (SSSR count). The Morgan fingerprint density at radius 2 is 1.86 bits per heavy atom. The van der Waals surface area contributed by atoms with E-state index in [0.717, 1.165) is 25.7 Å². The van der Waals surface area contributed by atoms with Crippen LogP contribution in [0.1, 0.15) is 60.3 Å². The number of nitrogens with zero attached hydrogens (tertiary/aromatic N) is 1. The number of hydrogen-bond donors (Lipinski definition) is 1. The highest BCUT2D eigenvalue weighted by atomic mass is 16.2. The molecule has 0 bridgehead atoms. The highest BCUT2D eigenvalue weighted by Crippen LogP contribution is 2.38. The summed E-state index contributed by atoms with van der Waals surface area (Å²) >= 11 is 0. The summed E-state index contributed by atoms with van der Waals surface area (Å²) < 4.78 is 0. The maximum Gasteiger partial charge on any atom is 0.249 e.